The zero-order chi connectivity index (χ0) is 33.3. The molecule has 11 heteroatoms. The summed E-state index contributed by atoms with van der Waals surface area (Å²) in [5, 5.41) is 3.45. The Kier molecular flexibility index (Phi) is 12.3. The number of rotatable bonds is 14. The van der Waals surface area contributed by atoms with E-state index in [1.807, 2.05) is 68.4 Å². The summed E-state index contributed by atoms with van der Waals surface area (Å²) in [6, 6.07) is 28.0. The summed E-state index contributed by atoms with van der Waals surface area (Å²) in [4.78, 5) is 29.9. The summed E-state index contributed by atoms with van der Waals surface area (Å²) in [5.41, 5.74) is 1.89. The molecule has 4 aromatic rings. The highest BCUT2D eigenvalue weighted by molar-refractivity contribution is 9.10. The van der Waals surface area contributed by atoms with E-state index < -0.39 is 28.5 Å². The average Bonchev–Trinajstić information content (AvgIpc) is 3.06. The second-order valence-electron chi connectivity index (χ2n) is 10.8. The lowest BCUT2D eigenvalue weighted by molar-refractivity contribution is -0.140. The van der Waals surface area contributed by atoms with Crippen molar-refractivity contribution in [1.82, 2.24) is 10.2 Å². The first kappa shape index (κ1) is 35.0. The average molecular weight is 727 g/mol. The third-order valence-corrected chi connectivity index (χ3v) is 10.1. The Bertz CT molecular complexity index is 1700. The van der Waals surface area contributed by atoms with Gasteiger partial charge in [-0.3, -0.25) is 13.9 Å². The van der Waals surface area contributed by atoms with Crippen molar-refractivity contribution >= 4 is 55.1 Å². The van der Waals surface area contributed by atoms with E-state index in [1.54, 1.807) is 36.4 Å². The van der Waals surface area contributed by atoms with Gasteiger partial charge in [0, 0.05) is 28.5 Å². The fourth-order valence-corrected chi connectivity index (χ4v) is 6.60. The zero-order valence-corrected chi connectivity index (χ0v) is 29.1. The van der Waals surface area contributed by atoms with Crippen molar-refractivity contribution in [3.8, 4) is 5.75 Å². The summed E-state index contributed by atoms with van der Waals surface area (Å²) in [6.07, 6.45) is 0.937. The molecule has 46 heavy (non-hydrogen) atoms. The summed E-state index contributed by atoms with van der Waals surface area (Å²) in [7, 11) is -2.75. The van der Waals surface area contributed by atoms with Crippen LogP contribution < -0.4 is 14.4 Å². The maximum Gasteiger partial charge on any atom is 0.264 e. The van der Waals surface area contributed by atoms with Gasteiger partial charge in [0.1, 0.15) is 18.3 Å². The van der Waals surface area contributed by atoms with Gasteiger partial charge in [0.15, 0.2) is 0 Å². The van der Waals surface area contributed by atoms with Crippen molar-refractivity contribution in [3.63, 3.8) is 0 Å². The molecule has 1 N–H and O–H groups in total. The van der Waals surface area contributed by atoms with Crippen LogP contribution in [0.1, 0.15) is 31.4 Å². The SMILES string of the molecule is CC[C@H](C)NC(=O)[C@H](Cc1ccccc1)N(Cc1ccc(Br)cc1)C(=O)CN(c1ccc(Cl)cc1)S(=O)(=O)c1ccc(OC)cc1. The molecule has 0 saturated heterocycles. The van der Waals surface area contributed by atoms with Crippen LogP contribution >= 0.6 is 27.5 Å². The standard InChI is InChI=1S/C35H37BrClN3O5S/c1-4-25(2)38-35(42)33(22-26-8-6-5-7-9-26)39(23-27-10-12-28(36)13-11-27)34(41)24-40(30-16-14-29(37)15-17-30)46(43,44)32-20-18-31(45-3)19-21-32/h5-21,25,33H,4,22-24H2,1-3H3,(H,38,42)/t25-,33-/m0/s1. The van der Waals surface area contributed by atoms with Gasteiger partial charge in [0.05, 0.1) is 17.7 Å². The number of halogens is 2. The minimum Gasteiger partial charge on any atom is -0.497 e. The monoisotopic (exact) mass is 725 g/mol. The maximum atomic E-state index is 14.5. The van der Waals surface area contributed by atoms with Crippen LogP contribution in [0.2, 0.25) is 5.02 Å². The smallest absolute Gasteiger partial charge is 0.264 e. The van der Waals surface area contributed by atoms with Crippen molar-refractivity contribution in [2.24, 2.45) is 0 Å². The fourth-order valence-electron chi connectivity index (χ4n) is 4.79. The molecule has 0 aliphatic heterocycles. The lowest BCUT2D eigenvalue weighted by Gasteiger charge is -2.34. The topological polar surface area (TPSA) is 96.0 Å². The molecule has 0 aliphatic carbocycles. The number of nitrogens with one attached hydrogen (secondary N) is 1. The van der Waals surface area contributed by atoms with Gasteiger partial charge in [-0.15, -0.1) is 0 Å². The largest absolute Gasteiger partial charge is 0.497 e. The molecule has 242 valence electrons. The third-order valence-electron chi connectivity index (χ3n) is 7.58. The number of carbonyl (C=O) groups excluding carboxylic acids is 2. The normalized spacial score (nSPS) is 12.5. The molecular weight excluding hydrogens is 690 g/mol. The molecule has 4 rings (SSSR count). The molecule has 4 aromatic carbocycles. The molecule has 0 bridgehead atoms. The number of benzene rings is 4. The predicted octanol–water partition coefficient (Wildman–Crippen LogP) is 6.86. The van der Waals surface area contributed by atoms with E-state index in [4.69, 9.17) is 16.3 Å². The van der Waals surface area contributed by atoms with E-state index in [9.17, 15) is 18.0 Å². The molecule has 0 spiro atoms. The van der Waals surface area contributed by atoms with Crippen LogP contribution in [0.25, 0.3) is 0 Å². The second kappa shape index (κ2) is 16.1. The lowest BCUT2D eigenvalue weighted by atomic mass is 10.0. The highest BCUT2D eigenvalue weighted by Gasteiger charge is 2.35. The molecular formula is C35H37BrClN3O5S. The first-order chi connectivity index (χ1) is 22.0. The number of anilines is 1. The minimum absolute atomic E-state index is 0.0224. The lowest BCUT2D eigenvalue weighted by Crippen LogP contribution is -2.54. The summed E-state index contributed by atoms with van der Waals surface area (Å²) >= 11 is 9.59. The number of hydrogen-bond acceptors (Lipinski definition) is 5. The van der Waals surface area contributed by atoms with E-state index in [0.29, 0.717) is 17.2 Å². The van der Waals surface area contributed by atoms with Crippen LogP contribution in [-0.2, 0) is 32.6 Å². The van der Waals surface area contributed by atoms with Gasteiger partial charge in [-0.1, -0.05) is 76.9 Å². The Labute approximate surface area is 284 Å². The van der Waals surface area contributed by atoms with Crippen LogP contribution in [0.3, 0.4) is 0 Å². The molecule has 0 radical (unpaired) electrons. The molecule has 2 atom stereocenters. The molecule has 0 aliphatic rings. The van der Waals surface area contributed by atoms with Crippen molar-refractivity contribution in [2.75, 3.05) is 18.0 Å². The van der Waals surface area contributed by atoms with Crippen LogP contribution in [0.15, 0.2) is 112 Å². The predicted molar refractivity (Wildman–Crippen MR) is 185 cm³/mol. The zero-order valence-electron chi connectivity index (χ0n) is 25.9. The quantitative estimate of drug-likeness (QED) is 0.153. The van der Waals surface area contributed by atoms with Gasteiger partial charge >= 0.3 is 0 Å². The molecule has 0 saturated carbocycles. The highest BCUT2D eigenvalue weighted by atomic mass is 79.9. The molecule has 8 nitrogen and oxygen atoms in total. The van der Waals surface area contributed by atoms with Gasteiger partial charge in [-0.25, -0.2) is 8.42 Å². The van der Waals surface area contributed by atoms with E-state index in [1.165, 1.54) is 24.1 Å². The van der Waals surface area contributed by atoms with Gasteiger partial charge in [0.2, 0.25) is 11.8 Å². The number of hydrogen-bond donors (Lipinski definition) is 1. The van der Waals surface area contributed by atoms with Crippen molar-refractivity contribution in [1.29, 1.82) is 0 Å². The van der Waals surface area contributed by atoms with Crippen molar-refractivity contribution < 1.29 is 22.7 Å². The molecule has 0 fully saturated rings. The first-order valence-corrected chi connectivity index (χ1v) is 17.4. The number of amides is 2. The molecule has 0 unspecified atom stereocenters. The van der Waals surface area contributed by atoms with Crippen LogP contribution in [0.5, 0.6) is 5.75 Å². The Hall–Kier alpha value is -3.86. The fraction of sp³-hybridized carbons (Fsp3) is 0.257. The summed E-state index contributed by atoms with van der Waals surface area (Å²) in [6.45, 7) is 3.39. The van der Waals surface area contributed by atoms with Crippen LogP contribution in [0, 0.1) is 0 Å². The maximum absolute atomic E-state index is 14.5. The Morgan fingerprint density at radius 2 is 1.52 bits per heavy atom. The van der Waals surface area contributed by atoms with Crippen LogP contribution in [-0.4, -0.2) is 50.9 Å². The van der Waals surface area contributed by atoms with Crippen molar-refractivity contribution in [2.45, 2.75) is 50.2 Å². The minimum atomic E-state index is -4.25. The van der Waals surface area contributed by atoms with E-state index in [-0.39, 0.29) is 35.5 Å². The van der Waals surface area contributed by atoms with Gasteiger partial charge < -0.3 is 15.0 Å². The van der Waals surface area contributed by atoms with Crippen LogP contribution in [0.4, 0.5) is 5.69 Å². The summed E-state index contributed by atoms with van der Waals surface area (Å²) < 4.78 is 35.4. The Morgan fingerprint density at radius 3 is 2.11 bits per heavy atom. The Balaban J connectivity index is 1.80. The number of methoxy groups -OCH3 is 1. The number of sulfonamides is 1. The number of nitrogens with zero attached hydrogens (tertiary/aromatic N) is 2. The summed E-state index contributed by atoms with van der Waals surface area (Å²) in [5.74, 6) is -0.375. The third kappa shape index (κ3) is 9.11. The van der Waals surface area contributed by atoms with E-state index in [2.05, 4.69) is 21.2 Å². The highest BCUT2D eigenvalue weighted by Crippen LogP contribution is 2.27. The van der Waals surface area contributed by atoms with Gasteiger partial charge in [-0.05, 0) is 85.1 Å². The van der Waals surface area contributed by atoms with Gasteiger partial charge in [0.25, 0.3) is 10.0 Å². The van der Waals surface area contributed by atoms with E-state index in [0.717, 1.165) is 19.9 Å². The molecule has 2 amide bonds. The first-order valence-electron chi connectivity index (χ1n) is 14.8. The Morgan fingerprint density at radius 1 is 0.891 bits per heavy atom. The number of carbonyl (C=O) groups is 2. The van der Waals surface area contributed by atoms with Gasteiger partial charge in [-0.2, -0.15) is 0 Å². The molecule has 0 heterocycles. The van der Waals surface area contributed by atoms with Crippen molar-refractivity contribution in [3.05, 3.63) is 124 Å². The van der Waals surface area contributed by atoms with E-state index >= 15 is 0 Å². The second-order valence-corrected chi connectivity index (χ2v) is 14.0. The number of ether oxygens (including phenoxy) is 1. The molecule has 0 aromatic heterocycles.